The smallest absolute Gasteiger partial charge is 0.250 e. The predicted octanol–water partition coefficient (Wildman–Crippen LogP) is 4.12. The van der Waals surface area contributed by atoms with Gasteiger partial charge in [0.1, 0.15) is 6.04 Å². The van der Waals surface area contributed by atoms with Crippen LogP contribution in [0.15, 0.2) is 28.6 Å². The van der Waals surface area contributed by atoms with Crippen LogP contribution in [0.5, 0.6) is 0 Å². The highest BCUT2D eigenvalue weighted by atomic mass is 35.5. The van der Waals surface area contributed by atoms with E-state index >= 15 is 0 Å². The van der Waals surface area contributed by atoms with Gasteiger partial charge in [-0.1, -0.05) is 61.5 Å². The first kappa shape index (κ1) is 22.9. The van der Waals surface area contributed by atoms with Crippen molar-refractivity contribution in [3.05, 3.63) is 29.3 Å². The molecule has 1 aromatic heterocycles. The number of benzene rings is 1. The van der Waals surface area contributed by atoms with E-state index in [1.54, 1.807) is 36.9 Å². The van der Waals surface area contributed by atoms with Crippen molar-refractivity contribution < 1.29 is 13.2 Å². The molecule has 0 spiro atoms. The van der Waals surface area contributed by atoms with E-state index in [1.165, 1.54) is 17.4 Å². The summed E-state index contributed by atoms with van der Waals surface area (Å²) in [6.45, 7) is 5.97. The number of amides is 1. The fourth-order valence-electron chi connectivity index (χ4n) is 2.42. The standard InChI is InChI=1S/C17H23ClN4O3S3/c1-5-14(22(28(4,24)25)13-8-6-7-12(18)9-13)15(23)19-16-20-21-17(27-16)26-10-11(2)3/h6-9,11,14H,5,10H2,1-4H3,(H,19,20,23)/t14-/m1/s1. The largest absolute Gasteiger partial charge is 0.299 e. The Morgan fingerprint density at radius 3 is 2.64 bits per heavy atom. The van der Waals surface area contributed by atoms with Gasteiger partial charge >= 0.3 is 0 Å². The molecule has 11 heteroatoms. The van der Waals surface area contributed by atoms with Crippen LogP contribution in [-0.4, -0.2) is 42.6 Å². The minimum Gasteiger partial charge on any atom is -0.299 e. The van der Waals surface area contributed by atoms with E-state index in [0.717, 1.165) is 20.7 Å². The summed E-state index contributed by atoms with van der Waals surface area (Å²) in [4.78, 5) is 12.8. The van der Waals surface area contributed by atoms with E-state index in [2.05, 4.69) is 29.4 Å². The van der Waals surface area contributed by atoms with Gasteiger partial charge in [-0.05, 0) is 30.5 Å². The van der Waals surface area contributed by atoms with E-state index in [0.29, 0.717) is 21.8 Å². The number of sulfonamides is 1. The van der Waals surface area contributed by atoms with Crippen LogP contribution in [0.1, 0.15) is 27.2 Å². The molecule has 28 heavy (non-hydrogen) atoms. The Labute approximate surface area is 178 Å². The molecule has 1 atom stereocenters. The molecule has 0 radical (unpaired) electrons. The average Bonchev–Trinajstić information content (AvgIpc) is 3.03. The minimum absolute atomic E-state index is 0.277. The number of halogens is 1. The highest BCUT2D eigenvalue weighted by Gasteiger charge is 2.32. The number of nitrogens with one attached hydrogen (secondary N) is 1. The Hall–Kier alpha value is -1.36. The zero-order valence-corrected chi connectivity index (χ0v) is 19.3. The summed E-state index contributed by atoms with van der Waals surface area (Å²) in [7, 11) is -3.72. The van der Waals surface area contributed by atoms with Crippen molar-refractivity contribution in [1.29, 1.82) is 0 Å². The van der Waals surface area contributed by atoms with Crippen molar-refractivity contribution >= 4 is 61.4 Å². The number of anilines is 2. The van der Waals surface area contributed by atoms with Crippen molar-refractivity contribution in [2.45, 2.75) is 37.6 Å². The Balaban J connectivity index is 2.22. The van der Waals surface area contributed by atoms with Gasteiger partial charge in [-0.2, -0.15) is 0 Å². The first-order valence-electron chi connectivity index (χ1n) is 8.64. The molecule has 7 nitrogen and oxygen atoms in total. The van der Waals surface area contributed by atoms with Crippen LogP contribution in [0.4, 0.5) is 10.8 Å². The van der Waals surface area contributed by atoms with Gasteiger partial charge in [0.2, 0.25) is 21.1 Å². The summed E-state index contributed by atoms with van der Waals surface area (Å²) in [6, 6.07) is 5.47. The van der Waals surface area contributed by atoms with E-state index in [4.69, 9.17) is 11.6 Å². The van der Waals surface area contributed by atoms with Gasteiger partial charge in [0, 0.05) is 10.8 Å². The third-order valence-corrected chi connectivity index (χ3v) is 7.38. The lowest BCUT2D eigenvalue weighted by atomic mass is 10.2. The Morgan fingerprint density at radius 1 is 1.36 bits per heavy atom. The summed E-state index contributed by atoms with van der Waals surface area (Å²) in [5.41, 5.74) is 0.336. The lowest BCUT2D eigenvalue weighted by Crippen LogP contribution is -2.47. The lowest BCUT2D eigenvalue weighted by molar-refractivity contribution is -0.117. The quantitative estimate of drug-likeness (QED) is 0.445. The van der Waals surface area contributed by atoms with Crippen molar-refractivity contribution in [1.82, 2.24) is 10.2 Å². The highest BCUT2D eigenvalue weighted by molar-refractivity contribution is 8.01. The first-order valence-corrected chi connectivity index (χ1v) is 12.7. The van der Waals surface area contributed by atoms with Gasteiger partial charge < -0.3 is 0 Å². The van der Waals surface area contributed by atoms with Crippen molar-refractivity contribution in [3.8, 4) is 0 Å². The molecule has 2 rings (SSSR count). The van der Waals surface area contributed by atoms with E-state index in [1.807, 2.05) is 0 Å². The van der Waals surface area contributed by atoms with Crippen LogP contribution < -0.4 is 9.62 Å². The number of aromatic nitrogens is 2. The molecular weight excluding hydrogens is 440 g/mol. The van der Waals surface area contributed by atoms with Crippen LogP contribution in [0, 0.1) is 5.92 Å². The molecule has 1 N–H and O–H groups in total. The third kappa shape index (κ3) is 6.33. The van der Waals surface area contributed by atoms with Gasteiger partial charge in [0.25, 0.3) is 0 Å². The second-order valence-corrected chi connectivity index (χ2v) is 11.1. The van der Waals surface area contributed by atoms with E-state index in [9.17, 15) is 13.2 Å². The Kier molecular flexibility index (Phi) is 8.11. The minimum atomic E-state index is -3.72. The molecule has 0 aliphatic heterocycles. The molecule has 0 saturated carbocycles. The average molecular weight is 463 g/mol. The monoisotopic (exact) mass is 462 g/mol. The molecule has 0 saturated heterocycles. The Bertz CT molecular complexity index is 918. The van der Waals surface area contributed by atoms with Crippen LogP contribution in [0.2, 0.25) is 5.02 Å². The number of carbonyl (C=O) groups is 1. The maximum atomic E-state index is 12.8. The van der Waals surface area contributed by atoms with Crippen molar-refractivity contribution in [2.75, 3.05) is 21.6 Å². The highest BCUT2D eigenvalue weighted by Crippen LogP contribution is 2.29. The number of thioether (sulfide) groups is 1. The van der Waals surface area contributed by atoms with Gasteiger partial charge in [-0.25, -0.2) is 8.42 Å². The van der Waals surface area contributed by atoms with Crippen LogP contribution in [0.3, 0.4) is 0 Å². The molecule has 0 unspecified atom stereocenters. The summed E-state index contributed by atoms with van der Waals surface area (Å²) < 4.78 is 26.7. The maximum Gasteiger partial charge on any atom is 0.250 e. The number of hydrogen-bond acceptors (Lipinski definition) is 7. The predicted molar refractivity (Wildman–Crippen MR) is 117 cm³/mol. The van der Waals surface area contributed by atoms with E-state index < -0.39 is 22.0 Å². The number of nitrogens with zero attached hydrogens (tertiary/aromatic N) is 3. The van der Waals surface area contributed by atoms with Crippen molar-refractivity contribution in [2.24, 2.45) is 5.92 Å². The zero-order chi connectivity index (χ0) is 20.9. The zero-order valence-electron chi connectivity index (χ0n) is 16.0. The van der Waals surface area contributed by atoms with Gasteiger partial charge in [-0.3, -0.25) is 14.4 Å². The van der Waals surface area contributed by atoms with Gasteiger partial charge in [-0.15, -0.1) is 10.2 Å². The Morgan fingerprint density at radius 2 is 2.07 bits per heavy atom. The molecule has 154 valence electrons. The molecule has 0 fully saturated rings. The SMILES string of the molecule is CC[C@H](C(=O)Nc1nnc(SCC(C)C)s1)N(c1cccc(Cl)c1)S(C)(=O)=O. The van der Waals surface area contributed by atoms with Gasteiger partial charge in [0.05, 0.1) is 11.9 Å². The second kappa shape index (κ2) is 9.91. The molecule has 1 heterocycles. The molecule has 1 aromatic carbocycles. The molecule has 1 amide bonds. The normalized spacial score (nSPS) is 12.8. The topological polar surface area (TPSA) is 92.3 Å². The van der Waals surface area contributed by atoms with E-state index in [-0.39, 0.29) is 6.42 Å². The first-order chi connectivity index (χ1) is 13.1. The van der Waals surface area contributed by atoms with Crippen LogP contribution in [0.25, 0.3) is 0 Å². The summed E-state index contributed by atoms with van der Waals surface area (Å²) >= 11 is 8.85. The molecule has 0 aliphatic carbocycles. The molecule has 0 bridgehead atoms. The summed E-state index contributed by atoms with van der Waals surface area (Å²) in [5, 5.41) is 11.5. The fourth-order valence-corrected chi connectivity index (χ4v) is 5.54. The molecule has 0 aliphatic rings. The molecular formula is C17H23ClN4O3S3. The van der Waals surface area contributed by atoms with Crippen molar-refractivity contribution in [3.63, 3.8) is 0 Å². The van der Waals surface area contributed by atoms with Crippen LogP contribution in [-0.2, 0) is 14.8 Å². The number of hydrogen-bond donors (Lipinski definition) is 1. The lowest BCUT2D eigenvalue weighted by Gasteiger charge is -2.29. The summed E-state index contributed by atoms with van der Waals surface area (Å²) in [6.07, 6.45) is 1.34. The van der Waals surface area contributed by atoms with Gasteiger partial charge in [0.15, 0.2) is 4.34 Å². The maximum absolute atomic E-state index is 12.8. The third-order valence-electron chi connectivity index (χ3n) is 3.57. The summed E-state index contributed by atoms with van der Waals surface area (Å²) in [5.74, 6) is 0.943. The fraction of sp³-hybridized carbons (Fsp3) is 0.471. The second-order valence-electron chi connectivity index (χ2n) is 6.53. The number of carbonyl (C=O) groups excluding carboxylic acids is 1. The molecule has 2 aromatic rings. The number of rotatable bonds is 9. The van der Waals surface area contributed by atoms with Crippen LogP contribution >= 0.6 is 34.7 Å².